The first-order valence-corrected chi connectivity index (χ1v) is 17.2. The molecule has 40 heavy (non-hydrogen) atoms. The third-order valence-corrected chi connectivity index (χ3v) is 12.6. The lowest BCUT2D eigenvalue weighted by molar-refractivity contribution is 1.47. The molecule has 0 bridgehead atoms. The van der Waals surface area contributed by atoms with E-state index in [9.17, 15) is 0 Å². The van der Waals surface area contributed by atoms with Crippen molar-refractivity contribution in [1.82, 2.24) is 0 Å². The molecule has 0 amide bonds. The molecule has 7 aromatic rings. The summed E-state index contributed by atoms with van der Waals surface area (Å²) < 4.78 is 0. The van der Waals surface area contributed by atoms with Crippen molar-refractivity contribution in [3.63, 3.8) is 0 Å². The maximum atomic E-state index is 2.58. The van der Waals surface area contributed by atoms with Crippen molar-refractivity contribution in [2.45, 2.75) is 20.0 Å². The van der Waals surface area contributed by atoms with Crippen LogP contribution in [-0.4, -0.2) is 8.07 Å². The van der Waals surface area contributed by atoms with Crippen LogP contribution in [0.25, 0.3) is 65.7 Å². The quantitative estimate of drug-likeness (QED) is 0.155. The van der Waals surface area contributed by atoms with Crippen LogP contribution in [0, 0.1) is 6.92 Å². The number of aryl methyl sites for hydroxylation is 1. The minimum atomic E-state index is -1.85. The first-order chi connectivity index (χ1) is 19.5. The predicted molar refractivity (Wildman–Crippen MR) is 177 cm³/mol. The van der Waals surface area contributed by atoms with Gasteiger partial charge < -0.3 is 0 Å². The summed E-state index contributed by atoms with van der Waals surface area (Å²) >= 11 is 0. The highest BCUT2D eigenvalue weighted by Gasteiger charge is 2.38. The van der Waals surface area contributed by atoms with Crippen LogP contribution >= 0.6 is 0 Å². The molecule has 0 aromatic heterocycles. The Morgan fingerprint density at radius 3 is 1.88 bits per heavy atom. The molecule has 1 aliphatic heterocycles. The van der Waals surface area contributed by atoms with Crippen LogP contribution in [0.4, 0.5) is 0 Å². The minimum absolute atomic E-state index is 1.28. The van der Waals surface area contributed by atoms with E-state index in [2.05, 4.69) is 147 Å². The van der Waals surface area contributed by atoms with E-state index in [1.165, 1.54) is 71.3 Å². The molecule has 0 fully saturated rings. The molecule has 1 heterocycles. The normalized spacial score (nSPS) is 13.6. The maximum absolute atomic E-state index is 2.58. The Labute approximate surface area is 236 Å². The van der Waals surface area contributed by atoms with Crippen molar-refractivity contribution >= 4 is 50.8 Å². The summed E-state index contributed by atoms with van der Waals surface area (Å²) in [6.45, 7) is 7.23. The van der Waals surface area contributed by atoms with E-state index in [0.29, 0.717) is 0 Å². The van der Waals surface area contributed by atoms with Gasteiger partial charge in [-0.1, -0.05) is 140 Å². The molecular weight excluding hydrogens is 497 g/mol. The molecule has 1 aliphatic rings. The van der Waals surface area contributed by atoms with E-state index < -0.39 is 8.07 Å². The average Bonchev–Trinajstić information content (AvgIpc) is 3.20. The van der Waals surface area contributed by atoms with E-state index >= 15 is 0 Å². The zero-order valence-corrected chi connectivity index (χ0v) is 24.1. The van der Waals surface area contributed by atoms with Gasteiger partial charge in [-0.25, -0.2) is 0 Å². The molecule has 0 atom stereocenters. The highest BCUT2D eigenvalue weighted by molar-refractivity contribution is 7.04. The van der Waals surface area contributed by atoms with Crippen LogP contribution in [0.3, 0.4) is 0 Å². The van der Waals surface area contributed by atoms with Gasteiger partial charge >= 0.3 is 0 Å². The second-order valence-corrected chi connectivity index (χ2v) is 16.1. The Kier molecular flexibility index (Phi) is 4.99. The lowest BCUT2D eigenvalue weighted by Gasteiger charge is -2.23. The van der Waals surface area contributed by atoms with Gasteiger partial charge in [-0.15, -0.1) is 0 Å². The Balaban J connectivity index is 1.62. The molecule has 0 N–H and O–H groups in total. The van der Waals surface area contributed by atoms with E-state index in [1.54, 1.807) is 10.4 Å². The molecule has 0 nitrogen and oxygen atoms in total. The highest BCUT2D eigenvalue weighted by Crippen LogP contribution is 2.46. The second kappa shape index (κ2) is 8.52. The molecule has 0 aliphatic carbocycles. The lowest BCUT2D eigenvalue weighted by atomic mass is 9.83. The predicted octanol–water partition coefficient (Wildman–Crippen LogP) is 9.59. The molecule has 0 radical (unpaired) electrons. The van der Waals surface area contributed by atoms with Gasteiger partial charge in [0.15, 0.2) is 0 Å². The van der Waals surface area contributed by atoms with Gasteiger partial charge in [0.05, 0.1) is 0 Å². The van der Waals surface area contributed by atoms with Gasteiger partial charge in [-0.2, -0.15) is 0 Å². The Morgan fingerprint density at radius 2 is 1.05 bits per heavy atom. The largest absolute Gasteiger partial charge is 0.113 e. The van der Waals surface area contributed by atoms with Crippen LogP contribution in [0.15, 0.2) is 127 Å². The first-order valence-electron chi connectivity index (χ1n) is 14.2. The van der Waals surface area contributed by atoms with E-state index in [4.69, 9.17) is 0 Å². The number of hydrogen-bond donors (Lipinski definition) is 0. The fraction of sp³-hybridized carbons (Fsp3) is 0.0769. The Morgan fingerprint density at radius 1 is 0.425 bits per heavy atom. The van der Waals surface area contributed by atoms with E-state index in [-0.39, 0.29) is 0 Å². The lowest BCUT2D eigenvalue weighted by Crippen LogP contribution is -2.49. The van der Waals surface area contributed by atoms with Gasteiger partial charge in [0.25, 0.3) is 0 Å². The minimum Gasteiger partial charge on any atom is -0.0623 e. The Hall–Kier alpha value is -4.46. The molecule has 0 spiro atoms. The number of fused-ring (bicyclic) bond motifs is 6. The van der Waals surface area contributed by atoms with Gasteiger partial charge in [-0.3, -0.25) is 0 Å². The van der Waals surface area contributed by atoms with Crippen molar-refractivity contribution in [3.8, 4) is 33.4 Å². The zero-order chi connectivity index (χ0) is 27.0. The first kappa shape index (κ1) is 23.4. The third kappa shape index (κ3) is 3.25. The van der Waals surface area contributed by atoms with Crippen molar-refractivity contribution in [2.24, 2.45) is 0 Å². The summed E-state index contributed by atoms with van der Waals surface area (Å²) in [6.07, 6.45) is 0. The molecule has 0 unspecified atom stereocenters. The molecule has 7 aromatic carbocycles. The van der Waals surface area contributed by atoms with Crippen LogP contribution in [-0.2, 0) is 0 Å². The van der Waals surface area contributed by atoms with Crippen molar-refractivity contribution in [3.05, 3.63) is 133 Å². The summed E-state index contributed by atoms with van der Waals surface area (Å²) in [5.41, 5.74) is 9.41. The molecule has 190 valence electrons. The third-order valence-electron chi connectivity index (χ3n) is 9.09. The second-order valence-electron chi connectivity index (χ2n) is 11.8. The molecule has 0 saturated carbocycles. The summed E-state index contributed by atoms with van der Waals surface area (Å²) in [5, 5.41) is 11.0. The van der Waals surface area contributed by atoms with Crippen LogP contribution in [0.1, 0.15) is 5.56 Å². The molecule has 8 rings (SSSR count). The van der Waals surface area contributed by atoms with Gasteiger partial charge in [0.2, 0.25) is 0 Å². The van der Waals surface area contributed by atoms with Crippen LogP contribution in [0.2, 0.25) is 13.1 Å². The number of benzene rings is 7. The summed E-state index contributed by atoms with van der Waals surface area (Å²) in [4.78, 5) is 0. The average molecular weight is 527 g/mol. The molecule has 1 heteroatoms. The number of hydrogen-bond acceptors (Lipinski definition) is 0. The van der Waals surface area contributed by atoms with Crippen molar-refractivity contribution in [1.29, 1.82) is 0 Å². The van der Waals surface area contributed by atoms with Crippen molar-refractivity contribution < 1.29 is 0 Å². The fourth-order valence-electron chi connectivity index (χ4n) is 7.22. The van der Waals surface area contributed by atoms with E-state index in [1.807, 2.05) is 0 Å². The topological polar surface area (TPSA) is 0 Å². The molecule has 0 saturated heterocycles. The Bertz CT molecular complexity index is 2140. The van der Waals surface area contributed by atoms with Gasteiger partial charge in [0.1, 0.15) is 8.07 Å². The monoisotopic (exact) mass is 526 g/mol. The smallest absolute Gasteiger partial charge is 0.0623 e. The zero-order valence-electron chi connectivity index (χ0n) is 23.1. The van der Waals surface area contributed by atoms with Crippen LogP contribution in [0.5, 0.6) is 0 Å². The standard InChI is InChI=1S/C39H30Si/c1-25-12-10-15-27(22-25)38-31-18-6-7-19-32(31)39(30-20-11-14-26-13-4-5-16-28(26)30)35-24-37-33(23-34(35)38)29-17-8-9-21-36(29)40(37,2)3/h4-24H,1-3H3. The highest BCUT2D eigenvalue weighted by atomic mass is 28.3. The van der Waals surface area contributed by atoms with Crippen molar-refractivity contribution in [2.75, 3.05) is 0 Å². The van der Waals surface area contributed by atoms with E-state index in [0.717, 1.165) is 0 Å². The summed E-state index contributed by atoms with van der Waals surface area (Å²) in [6, 6.07) is 47.9. The maximum Gasteiger partial charge on any atom is 0.113 e. The van der Waals surface area contributed by atoms with Gasteiger partial charge in [-0.05, 0) is 89.1 Å². The molecular formula is C39H30Si. The summed E-state index contributed by atoms with van der Waals surface area (Å²) in [7, 11) is -1.85. The SMILES string of the molecule is Cc1cccc(-c2c3ccccc3c(-c3cccc4ccccc34)c3cc4c(cc23)-c2ccccc2[Si]4(C)C)c1. The fourth-order valence-corrected chi connectivity index (χ4v) is 10.3. The summed E-state index contributed by atoms with van der Waals surface area (Å²) in [5.74, 6) is 0. The van der Waals surface area contributed by atoms with Crippen LogP contribution < -0.4 is 10.4 Å². The number of rotatable bonds is 2. The van der Waals surface area contributed by atoms with Gasteiger partial charge in [0, 0.05) is 0 Å².